The molecular formula is C27H21Cl2N5O2. The molecule has 0 saturated heterocycles. The minimum Gasteiger partial charge on any atom is -0.470 e. The maximum absolute atomic E-state index is 12.8. The van der Waals surface area contributed by atoms with Crippen molar-refractivity contribution in [2.45, 2.75) is 13.3 Å². The Labute approximate surface area is 217 Å². The molecule has 5 aromatic rings. The SMILES string of the molecule is O=C(NCc1cn(-c2ccccc2)nc1-c1ccccc1)c1ccn(COc2ccc(Cl)cc2Cl)n1. The minimum atomic E-state index is -0.301. The summed E-state index contributed by atoms with van der Waals surface area (Å²) in [5.74, 6) is 0.177. The molecular weight excluding hydrogens is 497 g/mol. The first-order chi connectivity index (χ1) is 17.6. The van der Waals surface area contributed by atoms with Gasteiger partial charge in [-0.2, -0.15) is 10.2 Å². The van der Waals surface area contributed by atoms with Gasteiger partial charge in [-0.3, -0.25) is 4.79 Å². The van der Waals surface area contributed by atoms with E-state index in [0.717, 1.165) is 22.5 Å². The maximum Gasteiger partial charge on any atom is 0.272 e. The zero-order valence-electron chi connectivity index (χ0n) is 19.0. The molecule has 1 N–H and O–H groups in total. The van der Waals surface area contributed by atoms with Crippen molar-refractivity contribution in [2.75, 3.05) is 0 Å². The summed E-state index contributed by atoms with van der Waals surface area (Å²) >= 11 is 12.1. The number of halogens is 2. The molecule has 0 unspecified atom stereocenters. The highest BCUT2D eigenvalue weighted by molar-refractivity contribution is 6.35. The van der Waals surface area contributed by atoms with E-state index in [9.17, 15) is 4.79 Å². The fourth-order valence-corrected chi connectivity index (χ4v) is 4.10. The molecule has 0 saturated carbocycles. The third kappa shape index (κ3) is 5.43. The molecule has 0 aliphatic heterocycles. The monoisotopic (exact) mass is 517 g/mol. The summed E-state index contributed by atoms with van der Waals surface area (Å²) in [6, 6.07) is 26.3. The van der Waals surface area contributed by atoms with Gasteiger partial charge in [0.05, 0.1) is 16.4 Å². The third-order valence-electron chi connectivity index (χ3n) is 5.42. The summed E-state index contributed by atoms with van der Waals surface area (Å²) in [6.07, 6.45) is 3.60. The summed E-state index contributed by atoms with van der Waals surface area (Å²) in [5, 5.41) is 13.0. The van der Waals surface area contributed by atoms with Gasteiger partial charge in [0.25, 0.3) is 5.91 Å². The van der Waals surface area contributed by atoms with E-state index in [0.29, 0.717) is 22.3 Å². The van der Waals surface area contributed by atoms with Crippen molar-refractivity contribution in [3.05, 3.63) is 119 Å². The minimum absolute atomic E-state index is 0.0939. The van der Waals surface area contributed by atoms with Gasteiger partial charge in [-0.1, -0.05) is 71.7 Å². The number of nitrogens with one attached hydrogen (secondary N) is 1. The number of hydrogen-bond acceptors (Lipinski definition) is 4. The second-order valence-corrected chi connectivity index (χ2v) is 8.76. The number of nitrogens with zero attached hydrogens (tertiary/aromatic N) is 4. The van der Waals surface area contributed by atoms with Gasteiger partial charge in [-0.15, -0.1) is 0 Å². The molecule has 0 aliphatic carbocycles. The van der Waals surface area contributed by atoms with E-state index in [-0.39, 0.29) is 18.3 Å². The Kier molecular flexibility index (Phi) is 7.02. The van der Waals surface area contributed by atoms with Crippen molar-refractivity contribution < 1.29 is 9.53 Å². The molecule has 3 aromatic carbocycles. The Bertz CT molecular complexity index is 1480. The summed E-state index contributed by atoms with van der Waals surface area (Å²) in [5.41, 5.74) is 3.88. The lowest BCUT2D eigenvalue weighted by molar-refractivity contribution is 0.0944. The molecule has 2 aromatic heterocycles. The second-order valence-electron chi connectivity index (χ2n) is 7.92. The van der Waals surface area contributed by atoms with Crippen LogP contribution in [0.2, 0.25) is 10.0 Å². The van der Waals surface area contributed by atoms with E-state index < -0.39 is 0 Å². The van der Waals surface area contributed by atoms with Gasteiger partial charge in [0.2, 0.25) is 0 Å². The van der Waals surface area contributed by atoms with Crippen LogP contribution in [0.1, 0.15) is 16.1 Å². The number of para-hydroxylation sites is 1. The molecule has 2 heterocycles. The first-order valence-electron chi connectivity index (χ1n) is 11.2. The maximum atomic E-state index is 12.8. The lowest BCUT2D eigenvalue weighted by Gasteiger charge is -2.08. The van der Waals surface area contributed by atoms with Crippen molar-refractivity contribution >= 4 is 29.1 Å². The van der Waals surface area contributed by atoms with E-state index >= 15 is 0 Å². The second kappa shape index (κ2) is 10.7. The molecule has 0 aliphatic rings. The molecule has 0 fully saturated rings. The zero-order valence-corrected chi connectivity index (χ0v) is 20.5. The van der Waals surface area contributed by atoms with Gasteiger partial charge >= 0.3 is 0 Å². The lowest BCUT2D eigenvalue weighted by Crippen LogP contribution is -2.23. The number of amides is 1. The van der Waals surface area contributed by atoms with Gasteiger partial charge in [0, 0.05) is 35.1 Å². The van der Waals surface area contributed by atoms with Crippen LogP contribution in [0.25, 0.3) is 16.9 Å². The van der Waals surface area contributed by atoms with Gasteiger partial charge < -0.3 is 10.1 Å². The number of hydrogen-bond donors (Lipinski definition) is 1. The van der Waals surface area contributed by atoms with Crippen LogP contribution in [0, 0.1) is 0 Å². The summed E-state index contributed by atoms with van der Waals surface area (Å²) in [4.78, 5) is 12.8. The van der Waals surface area contributed by atoms with Crippen LogP contribution in [0.3, 0.4) is 0 Å². The topological polar surface area (TPSA) is 74.0 Å². The smallest absolute Gasteiger partial charge is 0.272 e. The van der Waals surface area contributed by atoms with Crippen LogP contribution >= 0.6 is 23.2 Å². The molecule has 0 spiro atoms. The Balaban J connectivity index is 1.28. The largest absolute Gasteiger partial charge is 0.470 e. The summed E-state index contributed by atoms with van der Waals surface area (Å²) < 4.78 is 9.01. The predicted octanol–water partition coefficient (Wildman–Crippen LogP) is 6.01. The van der Waals surface area contributed by atoms with Crippen molar-refractivity contribution in [1.82, 2.24) is 24.9 Å². The Morgan fingerprint density at radius 1 is 0.917 bits per heavy atom. The lowest BCUT2D eigenvalue weighted by atomic mass is 10.1. The number of ether oxygens (including phenoxy) is 1. The number of carbonyl (C=O) groups is 1. The highest BCUT2D eigenvalue weighted by Gasteiger charge is 2.15. The summed E-state index contributed by atoms with van der Waals surface area (Å²) in [7, 11) is 0. The normalized spacial score (nSPS) is 10.8. The van der Waals surface area contributed by atoms with Crippen LogP contribution in [-0.2, 0) is 13.3 Å². The van der Waals surface area contributed by atoms with Crippen LogP contribution in [0.15, 0.2) is 97.3 Å². The molecule has 0 bridgehead atoms. The molecule has 0 atom stereocenters. The highest BCUT2D eigenvalue weighted by Crippen LogP contribution is 2.28. The molecule has 180 valence electrons. The molecule has 0 radical (unpaired) electrons. The van der Waals surface area contributed by atoms with Crippen LogP contribution in [-0.4, -0.2) is 25.5 Å². The van der Waals surface area contributed by atoms with E-state index in [1.807, 2.05) is 71.5 Å². The van der Waals surface area contributed by atoms with Gasteiger partial charge in [0.1, 0.15) is 11.4 Å². The van der Waals surface area contributed by atoms with Crippen LogP contribution in [0.4, 0.5) is 0 Å². The van der Waals surface area contributed by atoms with Crippen LogP contribution < -0.4 is 10.1 Å². The Hall–Kier alpha value is -4.07. The fourth-order valence-electron chi connectivity index (χ4n) is 3.64. The molecule has 9 heteroatoms. The first kappa shape index (κ1) is 23.7. The number of carbonyl (C=O) groups excluding carboxylic acids is 1. The van der Waals surface area contributed by atoms with E-state index in [2.05, 4.69) is 10.4 Å². The summed E-state index contributed by atoms with van der Waals surface area (Å²) in [6.45, 7) is 0.385. The van der Waals surface area contributed by atoms with E-state index in [1.165, 1.54) is 4.68 Å². The average molecular weight is 518 g/mol. The van der Waals surface area contributed by atoms with Crippen molar-refractivity contribution in [3.8, 4) is 22.7 Å². The molecule has 36 heavy (non-hydrogen) atoms. The van der Waals surface area contributed by atoms with E-state index in [1.54, 1.807) is 30.5 Å². The van der Waals surface area contributed by atoms with Crippen molar-refractivity contribution in [1.29, 1.82) is 0 Å². The molecule has 1 amide bonds. The number of benzene rings is 3. The third-order valence-corrected chi connectivity index (χ3v) is 5.95. The zero-order chi connectivity index (χ0) is 24.9. The number of aromatic nitrogens is 4. The van der Waals surface area contributed by atoms with Crippen LogP contribution in [0.5, 0.6) is 5.75 Å². The van der Waals surface area contributed by atoms with Gasteiger partial charge in [-0.05, 0) is 36.4 Å². The first-order valence-corrected chi connectivity index (χ1v) is 11.9. The average Bonchev–Trinajstić information content (AvgIpc) is 3.56. The van der Waals surface area contributed by atoms with E-state index in [4.69, 9.17) is 33.0 Å². The molecule has 5 rings (SSSR count). The van der Waals surface area contributed by atoms with Gasteiger partial charge in [-0.25, -0.2) is 9.36 Å². The Morgan fingerprint density at radius 3 is 2.42 bits per heavy atom. The fraction of sp³-hybridized carbons (Fsp3) is 0.0741. The van der Waals surface area contributed by atoms with Crippen molar-refractivity contribution in [2.24, 2.45) is 0 Å². The molecule has 7 nitrogen and oxygen atoms in total. The highest BCUT2D eigenvalue weighted by atomic mass is 35.5. The Morgan fingerprint density at radius 2 is 1.67 bits per heavy atom. The van der Waals surface area contributed by atoms with Gasteiger partial charge in [0.15, 0.2) is 6.73 Å². The quantitative estimate of drug-likeness (QED) is 0.273. The predicted molar refractivity (Wildman–Crippen MR) is 139 cm³/mol. The number of rotatable bonds is 8. The standard InChI is InChI=1S/C27H21Cl2N5O2/c28-21-11-12-25(23(29)15-21)36-18-33-14-13-24(31-33)27(35)30-16-20-17-34(22-9-5-2-6-10-22)32-26(20)19-7-3-1-4-8-19/h1-15,17H,16,18H2,(H,30,35). The van der Waals surface area contributed by atoms with Crippen molar-refractivity contribution in [3.63, 3.8) is 0 Å².